The van der Waals surface area contributed by atoms with Crippen LogP contribution in [0.2, 0.25) is 0 Å². The predicted molar refractivity (Wildman–Crippen MR) is 98.2 cm³/mol. The van der Waals surface area contributed by atoms with E-state index in [0.29, 0.717) is 24.6 Å². The Kier molecular flexibility index (Phi) is 4.66. The van der Waals surface area contributed by atoms with Crippen molar-refractivity contribution in [2.75, 3.05) is 23.3 Å². The van der Waals surface area contributed by atoms with Crippen molar-refractivity contribution in [1.82, 2.24) is 34.7 Å². The second-order valence-electron chi connectivity index (χ2n) is 6.33. The third-order valence-corrected chi connectivity index (χ3v) is 4.49. The van der Waals surface area contributed by atoms with Gasteiger partial charge in [0.1, 0.15) is 30.5 Å². The number of amides is 1. The number of carbonyl (C=O) groups excluding carboxylic acids is 1. The SMILES string of the molecule is O=C(Nc1c[nH]c(=O)[nH]c1=O)C1CCCN(c2cc(-n3cncn3)ncn2)C1. The van der Waals surface area contributed by atoms with Crippen LogP contribution in [0.25, 0.3) is 5.82 Å². The highest BCUT2D eigenvalue weighted by atomic mass is 16.2. The lowest BCUT2D eigenvalue weighted by Crippen LogP contribution is -2.42. The Morgan fingerprint density at radius 2 is 2.07 bits per heavy atom. The predicted octanol–water partition coefficient (Wildman–Crippen LogP) is -0.711. The molecule has 0 spiro atoms. The quantitative estimate of drug-likeness (QED) is 0.534. The number of H-pyrrole nitrogens is 2. The largest absolute Gasteiger partial charge is 0.356 e. The van der Waals surface area contributed by atoms with E-state index in [0.717, 1.165) is 13.0 Å². The van der Waals surface area contributed by atoms with E-state index in [2.05, 4.69) is 35.3 Å². The molecule has 1 aliphatic heterocycles. The van der Waals surface area contributed by atoms with E-state index in [4.69, 9.17) is 0 Å². The molecule has 28 heavy (non-hydrogen) atoms. The molecule has 144 valence electrons. The number of carbonyl (C=O) groups is 1. The summed E-state index contributed by atoms with van der Waals surface area (Å²) in [6.45, 7) is 1.19. The molecule has 1 atom stereocenters. The zero-order valence-electron chi connectivity index (χ0n) is 14.7. The van der Waals surface area contributed by atoms with Crippen LogP contribution in [0.4, 0.5) is 11.5 Å². The molecular weight excluding hydrogens is 366 g/mol. The van der Waals surface area contributed by atoms with Gasteiger partial charge in [0.15, 0.2) is 5.82 Å². The second-order valence-corrected chi connectivity index (χ2v) is 6.33. The highest BCUT2D eigenvalue weighted by molar-refractivity contribution is 5.92. The van der Waals surface area contributed by atoms with Crippen LogP contribution in [0, 0.1) is 5.92 Å². The standard InChI is InChI=1S/C16H17N9O3/c26-14(22-11-5-18-16(28)23-15(11)27)10-2-1-3-24(6-10)12-4-13(20-8-19-12)25-9-17-7-21-25/h4-5,7-10H,1-3,6H2,(H,22,26)(H2,18,23,27,28). The fraction of sp³-hybridized carbons (Fsp3) is 0.312. The summed E-state index contributed by atoms with van der Waals surface area (Å²) in [5, 5.41) is 6.63. The zero-order valence-corrected chi connectivity index (χ0v) is 14.7. The molecule has 1 saturated heterocycles. The van der Waals surface area contributed by atoms with Gasteiger partial charge in [0.25, 0.3) is 5.56 Å². The van der Waals surface area contributed by atoms with E-state index >= 15 is 0 Å². The molecule has 0 aliphatic carbocycles. The minimum Gasteiger partial charge on any atom is -0.356 e. The van der Waals surface area contributed by atoms with E-state index in [1.165, 1.54) is 23.5 Å². The molecule has 3 aromatic heterocycles. The monoisotopic (exact) mass is 383 g/mol. The number of nitrogens with zero attached hydrogens (tertiary/aromatic N) is 6. The maximum atomic E-state index is 12.6. The first-order valence-electron chi connectivity index (χ1n) is 8.65. The number of hydrogen-bond donors (Lipinski definition) is 3. The molecular formula is C16H17N9O3. The molecule has 0 aromatic carbocycles. The van der Waals surface area contributed by atoms with Gasteiger partial charge in [-0.15, -0.1) is 0 Å². The number of rotatable bonds is 4. The van der Waals surface area contributed by atoms with E-state index in [1.807, 2.05) is 4.90 Å². The van der Waals surface area contributed by atoms with E-state index in [-0.39, 0.29) is 17.5 Å². The summed E-state index contributed by atoms with van der Waals surface area (Å²) >= 11 is 0. The molecule has 0 saturated carbocycles. The minimum atomic E-state index is -0.641. The van der Waals surface area contributed by atoms with Crippen molar-refractivity contribution in [2.45, 2.75) is 12.8 Å². The first-order valence-corrected chi connectivity index (χ1v) is 8.65. The molecule has 1 amide bonds. The molecule has 4 rings (SSSR count). The summed E-state index contributed by atoms with van der Waals surface area (Å²) < 4.78 is 1.53. The highest BCUT2D eigenvalue weighted by Gasteiger charge is 2.27. The van der Waals surface area contributed by atoms with Crippen molar-refractivity contribution in [3.8, 4) is 5.82 Å². The topological polar surface area (TPSA) is 155 Å². The Morgan fingerprint density at radius 1 is 1.21 bits per heavy atom. The van der Waals surface area contributed by atoms with E-state index in [9.17, 15) is 14.4 Å². The zero-order chi connectivity index (χ0) is 19.5. The van der Waals surface area contributed by atoms with Crippen LogP contribution in [-0.4, -0.2) is 53.7 Å². The lowest BCUT2D eigenvalue weighted by molar-refractivity contribution is -0.120. The van der Waals surface area contributed by atoms with Crippen LogP contribution in [-0.2, 0) is 4.79 Å². The number of nitrogens with one attached hydrogen (secondary N) is 3. The minimum absolute atomic E-state index is 0.0113. The van der Waals surface area contributed by atoms with Crippen LogP contribution in [0.5, 0.6) is 0 Å². The van der Waals surface area contributed by atoms with Gasteiger partial charge in [-0.1, -0.05) is 0 Å². The van der Waals surface area contributed by atoms with Gasteiger partial charge < -0.3 is 15.2 Å². The first kappa shape index (κ1) is 17.6. The molecule has 12 heteroatoms. The van der Waals surface area contributed by atoms with Gasteiger partial charge in [-0.2, -0.15) is 5.10 Å². The Hall–Kier alpha value is -3.83. The Morgan fingerprint density at radius 3 is 2.86 bits per heavy atom. The van der Waals surface area contributed by atoms with Gasteiger partial charge >= 0.3 is 5.69 Å². The molecule has 3 N–H and O–H groups in total. The van der Waals surface area contributed by atoms with Crippen LogP contribution >= 0.6 is 0 Å². The Labute approximate surface area is 157 Å². The Balaban J connectivity index is 1.48. The summed E-state index contributed by atoms with van der Waals surface area (Å²) in [6.07, 6.45) is 7.07. The van der Waals surface area contributed by atoms with E-state index < -0.39 is 11.2 Å². The molecule has 4 heterocycles. The molecule has 0 bridgehead atoms. The van der Waals surface area contributed by atoms with Crippen LogP contribution in [0.3, 0.4) is 0 Å². The van der Waals surface area contributed by atoms with Crippen LogP contribution in [0.15, 0.2) is 40.8 Å². The maximum Gasteiger partial charge on any atom is 0.325 e. The van der Waals surface area contributed by atoms with Gasteiger partial charge in [-0.3, -0.25) is 14.6 Å². The van der Waals surface area contributed by atoms with E-state index in [1.54, 1.807) is 12.4 Å². The number of anilines is 2. The normalized spacial score (nSPS) is 16.7. The third kappa shape index (κ3) is 3.65. The molecule has 3 aromatic rings. The molecule has 1 fully saturated rings. The lowest BCUT2D eigenvalue weighted by Gasteiger charge is -2.32. The van der Waals surface area contributed by atoms with Crippen molar-refractivity contribution in [3.05, 3.63) is 52.1 Å². The summed E-state index contributed by atoms with van der Waals surface area (Å²) in [5.41, 5.74) is -1.26. The van der Waals surface area contributed by atoms with Crippen molar-refractivity contribution in [3.63, 3.8) is 0 Å². The van der Waals surface area contributed by atoms with Gasteiger partial charge in [-0.25, -0.2) is 24.4 Å². The van der Waals surface area contributed by atoms with Crippen molar-refractivity contribution in [2.24, 2.45) is 5.92 Å². The van der Waals surface area contributed by atoms with Crippen molar-refractivity contribution in [1.29, 1.82) is 0 Å². The number of piperidine rings is 1. The highest BCUT2D eigenvalue weighted by Crippen LogP contribution is 2.23. The smallest absolute Gasteiger partial charge is 0.325 e. The summed E-state index contributed by atoms with van der Waals surface area (Å²) in [6, 6.07) is 1.78. The second kappa shape index (κ2) is 7.42. The van der Waals surface area contributed by atoms with Crippen molar-refractivity contribution >= 4 is 17.4 Å². The maximum absolute atomic E-state index is 12.6. The van der Waals surface area contributed by atoms with Gasteiger partial charge in [0.05, 0.1) is 5.92 Å². The molecule has 0 radical (unpaired) electrons. The molecule has 12 nitrogen and oxygen atoms in total. The number of hydrogen-bond acceptors (Lipinski definition) is 8. The number of aromatic amines is 2. The summed E-state index contributed by atoms with van der Waals surface area (Å²) in [5.74, 6) is 0.645. The van der Waals surface area contributed by atoms with Crippen LogP contribution < -0.4 is 21.5 Å². The van der Waals surface area contributed by atoms with Gasteiger partial charge in [0, 0.05) is 25.4 Å². The average Bonchev–Trinajstić information content (AvgIpc) is 3.25. The van der Waals surface area contributed by atoms with Gasteiger partial charge in [0.2, 0.25) is 5.91 Å². The lowest BCUT2D eigenvalue weighted by atomic mass is 9.97. The summed E-state index contributed by atoms with van der Waals surface area (Å²) in [7, 11) is 0. The first-order chi connectivity index (χ1) is 13.6. The average molecular weight is 383 g/mol. The molecule has 1 unspecified atom stereocenters. The Bertz CT molecular complexity index is 1090. The van der Waals surface area contributed by atoms with Crippen LogP contribution in [0.1, 0.15) is 12.8 Å². The fourth-order valence-corrected chi connectivity index (χ4v) is 3.10. The third-order valence-electron chi connectivity index (χ3n) is 4.49. The molecule has 1 aliphatic rings. The summed E-state index contributed by atoms with van der Waals surface area (Å²) in [4.78, 5) is 54.2. The van der Waals surface area contributed by atoms with Gasteiger partial charge in [-0.05, 0) is 12.8 Å². The fourth-order valence-electron chi connectivity index (χ4n) is 3.10. The van der Waals surface area contributed by atoms with Crippen molar-refractivity contribution < 1.29 is 4.79 Å². The number of aromatic nitrogens is 7.